The fourth-order valence-electron chi connectivity index (χ4n) is 2.31. The summed E-state index contributed by atoms with van der Waals surface area (Å²) in [6.07, 6.45) is -3.32. The molecule has 0 amide bonds. The Morgan fingerprint density at radius 3 is 2.43 bits per heavy atom. The van der Waals surface area contributed by atoms with E-state index in [4.69, 9.17) is 0 Å². The molecule has 2 nitrogen and oxygen atoms in total. The van der Waals surface area contributed by atoms with Crippen LogP contribution < -0.4 is 0 Å². The summed E-state index contributed by atoms with van der Waals surface area (Å²) < 4.78 is 38.8. The maximum atomic E-state index is 12.9. The van der Waals surface area contributed by atoms with Gasteiger partial charge in [0.2, 0.25) is 0 Å². The Balaban J connectivity index is 2.20. The van der Waals surface area contributed by atoms with Gasteiger partial charge in [0.25, 0.3) is 0 Å². The molecule has 0 saturated heterocycles. The monoisotopic (exact) mass is 295 g/mol. The van der Waals surface area contributed by atoms with Crippen LogP contribution in [0.25, 0.3) is 0 Å². The number of alkyl halides is 3. The predicted octanol–water partition coefficient (Wildman–Crippen LogP) is 4.33. The highest BCUT2D eigenvalue weighted by molar-refractivity contribution is 5.29. The van der Waals surface area contributed by atoms with Gasteiger partial charge in [0.1, 0.15) is 0 Å². The molecule has 1 aromatic heterocycles. The average molecular weight is 295 g/mol. The molecule has 0 spiro atoms. The molecule has 2 atom stereocenters. The molecule has 0 aliphatic heterocycles. The van der Waals surface area contributed by atoms with Gasteiger partial charge in [0.15, 0.2) is 0 Å². The van der Waals surface area contributed by atoms with Crippen LogP contribution in [0.1, 0.15) is 42.1 Å². The maximum absolute atomic E-state index is 12.9. The number of aliphatic hydroxyl groups excluding tert-OH is 1. The van der Waals surface area contributed by atoms with Crippen LogP contribution in [-0.2, 0) is 6.18 Å². The highest BCUT2D eigenvalue weighted by Crippen LogP contribution is 2.36. The van der Waals surface area contributed by atoms with E-state index in [1.54, 1.807) is 0 Å². The second-order valence-electron chi connectivity index (χ2n) is 5.02. The van der Waals surface area contributed by atoms with Crippen LogP contribution in [0.15, 0.2) is 48.8 Å². The van der Waals surface area contributed by atoms with Gasteiger partial charge in [-0.2, -0.15) is 13.2 Å². The number of halogens is 3. The normalized spacial score (nSPS) is 14.7. The summed E-state index contributed by atoms with van der Waals surface area (Å²) >= 11 is 0. The molecule has 112 valence electrons. The van der Waals surface area contributed by atoms with E-state index in [0.717, 1.165) is 24.0 Å². The van der Waals surface area contributed by atoms with E-state index in [9.17, 15) is 18.3 Å². The van der Waals surface area contributed by atoms with Crippen LogP contribution in [0.5, 0.6) is 0 Å². The van der Waals surface area contributed by atoms with Gasteiger partial charge in [0.05, 0.1) is 11.7 Å². The van der Waals surface area contributed by atoms with Crippen LogP contribution in [0.4, 0.5) is 13.2 Å². The van der Waals surface area contributed by atoms with Crippen molar-refractivity contribution in [1.82, 2.24) is 4.98 Å². The third kappa shape index (κ3) is 3.82. The molecular weight excluding hydrogens is 279 g/mol. The Labute approximate surface area is 121 Å². The fraction of sp³-hybridized carbons (Fsp3) is 0.312. The third-order valence-corrected chi connectivity index (χ3v) is 3.46. The van der Waals surface area contributed by atoms with E-state index in [2.05, 4.69) is 4.98 Å². The van der Waals surface area contributed by atoms with Crippen LogP contribution in [0.3, 0.4) is 0 Å². The number of nitrogens with zero attached hydrogens (tertiary/aromatic N) is 1. The molecule has 0 aliphatic carbocycles. The fourth-order valence-corrected chi connectivity index (χ4v) is 2.31. The highest BCUT2D eigenvalue weighted by Gasteiger charge is 2.35. The highest BCUT2D eigenvalue weighted by atomic mass is 19.4. The molecule has 21 heavy (non-hydrogen) atoms. The Morgan fingerprint density at radius 1 is 1.14 bits per heavy atom. The topological polar surface area (TPSA) is 33.1 Å². The van der Waals surface area contributed by atoms with Gasteiger partial charge in [-0.15, -0.1) is 0 Å². The number of aliphatic hydroxyl groups is 1. The summed E-state index contributed by atoms with van der Waals surface area (Å²) in [5.74, 6) is -0.0533. The number of aromatic nitrogens is 1. The SMILES string of the molecule is CC(CC(O)c1cnccc1C(F)(F)F)c1ccccc1. The van der Waals surface area contributed by atoms with Gasteiger partial charge in [-0.05, 0) is 24.0 Å². The molecule has 5 heteroatoms. The van der Waals surface area contributed by atoms with Crippen LogP contribution in [0, 0.1) is 0 Å². The predicted molar refractivity (Wildman–Crippen MR) is 73.7 cm³/mol. The lowest BCUT2D eigenvalue weighted by Crippen LogP contribution is -2.13. The first-order chi connectivity index (χ1) is 9.89. The van der Waals surface area contributed by atoms with E-state index >= 15 is 0 Å². The van der Waals surface area contributed by atoms with Crippen molar-refractivity contribution in [2.75, 3.05) is 0 Å². The van der Waals surface area contributed by atoms with E-state index in [1.807, 2.05) is 37.3 Å². The summed E-state index contributed by atoms with van der Waals surface area (Å²) in [6, 6.07) is 10.3. The molecule has 2 aromatic rings. The lowest BCUT2D eigenvalue weighted by atomic mass is 9.91. The summed E-state index contributed by atoms with van der Waals surface area (Å²) in [6.45, 7) is 1.88. The van der Waals surface area contributed by atoms with E-state index in [0.29, 0.717) is 0 Å². The van der Waals surface area contributed by atoms with Crippen LogP contribution >= 0.6 is 0 Å². The van der Waals surface area contributed by atoms with E-state index in [-0.39, 0.29) is 17.9 Å². The Kier molecular flexibility index (Phi) is 4.63. The molecule has 2 unspecified atom stereocenters. The molecule has 0 bridgehead atoms. The van der Waals surface area contributed by atoms with Crippen molar-refractivity contribution in [3.8, 4) is 0 Å². The lowest BCUT2D eigenvalue weighted by Gasteiger charge is -2.20. The van der Waals surface area contributed by atoms with Crippen molar-refractivity contribution in [2.45, 2.75) is 31.5 Å². The first-order valence-electron chi connectivity index (χ1n) is 6.63. The van der Waals surface area contributed by atoms with Crippen molar-refractivity contribution in [3.63, 3.8) is 0 Å². The lowest BCUT2D eigenvalue weighted by molar-refractivity contribution is -0.139. The van der Waals surface area contributed by atoms with E-state index in [1.165, 1.54) is 0 Å². The third-order valence-electron chi connectivity index (χ3n) is 3.46. The zero-order chi connectivity index (χ0) is 15.5. The van der Waals surface area contributed by atoms with Gasteiger partial charge in [-0.1, -0.05) is 37.3 Å². The molecule has 2 rings (SSSR count). The van der Waals surface area contributed by atoms with Gasteiger partial charge in [-0.25, -0.2) is 0 Å². The van der Waals surface area contributed by atoms with E-state index < -0.39 is 17.8 Å². The van der Waals surface area contributed by atoms with Gasteiger partial charge < -0.3 is 5.11 Å². The zero-order valence-corrected chi connectivity index (χ0v) is 11.5. The first kappa shape index (κ1) is 15.5. The van der Waals surface area contributed by atoms with Crippen molar-refractivity contribution >= 4 is 0 Å². The van der Waals surface area contributed by atoms with Crippen molar-refractivity contribution in [2.24, 2.45) is 0 Å². The van der Waals surface area contributed by atoms with Gasteiger partial charge in [0, 0.05) is 18.0 Å². The van der Waals surface area contributed by atoms with Gasteiger partial charge >= 0.3 is 6.18 Å². The Morgan fingerprint density at radius 2 is 1.81 bits per heavy atom. The quantitative estimate of drug-likeness (QED) is 0.910. The molecule has 1 N–H and O–H groups in total. The van der Waals surface area contributed by atoms with Crippen LogP contribution in [-0.4, -0.2) is 10.1 Å². The van der Waals surface area contributed by atoms with Crippen molar-refractivity contribution in [1.29, 1.82) is 0 Å². The minimum atomic E-state index is -4.49. The summed E-state index contributed by atoms with van der Waals surface area (Å²) in [4.78, 5) is 3.70. The minimum absolute atomic E-state index is 0.0533. The molecule has 0 radical (unpaired) electrons. The summed E-state index contributed by atoms with van der Waals surface area (Å²) in [5, 5.41) is 10.2. The first-order valence-corrected chi connectivity index (χ1v) is 6.63. The molecule has 0 aliphatic rings. The number of hydrogen-bond donors (Lipinski definition) is 1. The van der Waals surface area contributed by atoms with Crippen LogP contribution in [0.2, 0.25) is 0 Å². The molecule has 0 fully saturated rings. The number of rotatable bonds is 4. The second kappa shape index (κ2) is 6.26. The van der Waals surface area contributed by atoms with Crippen molar-refractivity contribution < 1.29 is 18.3 Å². The Bertz CT molecular complexity index is 584. The number of benzene rings is 1. The molecular formula is C16H16F3NO. The standard InChI is InChI=1S/C16H16F3NO/c1-11(12-5-3-2-4-6-12)9-15(21)13-10-20-8-7-14(13)16(17,18)19/h2-8,10-11,15,21H,9H2,1H3. The molecule has 1 heterocycles. The molecule has 0 saturated carbocycles. The maximum Gasteiger partial charge on any atom is 0.416 e. The minimum Gasteiger partial charge on any atom is -0.388 e. The van der Waals surface area contributed by atoms with Gasteiger partial charge in [-0.3, -0.25) is 4.98 Å². The number of pyridine rings is 1. The number of hydrogen-bond acceptors (Lipinski definition) is 2. The second-order valence-corrected chi connectivity index (χ2v) is 5.02. The van der Waals surface area contributed by atoms with Crippen molar-refractivity contribution in [3.05, 3.63) is 65.5 Å². The molecule has 1 aromatic carbocycles. The smallest absolute Gasteiger partial charge is 0.388 e. The Hall–Kier alpha value is -1.88. The zero-order valence-electron chi connectivity index (χ0n) is 11.5. The average Bonchev–Trinajstić information content (AvgIpc) is 2.47. The summed E-state index contributed by atoms with van der Waals surface area (Å²) in [5.41, 5.74) is -0.0213. The largest absolute Gasteiger partial charge is 0.416 e. The summed E-state index contributed by atoms with van der Waals surface area (Å²) in [7, 11) is 0.